The Morgan fingerprint density at radius 3 is 2.54 bits per heavy atom. The Morgan fingerprint density at radius 2 is 1.93 bits per heavy atom. The molecule has 154 valence electrons. The summed E-state index contributed by atoms with van der Waals surface area (Å²) in [5.74, 6) is 0.391. The van der Waals surface area contributed by atoms with Crippen molar-refractivity contribution in [3.63, 3.8) is 0 Å². The number of aliphatic imine (C=N–C) groups is 1. The maximum Gasteiger partial charge on any atom is 0.191 e. The molecule has 0 saturated heterocycles. The van der Waals surface area contributed by atoms with E-state index in [0.29, 0.717) is 25.6 Å². The van der Waals surface area contributed by atoms with E-state index in [1.165, 1.54) is 18.2 Å². The topological polar surface area (TPSA) is 70.4 Å². The molecule has 0 aliphatic carbocycles. The number of aryl methyl sites for hydroxylation is 1. The lowest BCUT2D eigenvalue weighted by Crippen LogP contribution is -2.39. The van der Waals surface area contributed by atoms with Gasteiger partial charge in [0.15, 0.2) is 5.96 Å². The Balaban J connectivity index is 2.06. The van der Waals surface area contributed by atoms with Crippen LogP contribution in [0.25, 0.3) is 0 Å². The minimum atomic E-state index is -0.563. The molecular weight excluding hydrogens is 364 g/mol. The summed E-state index contributed by atoms with van der Waals surface area (Å²) < 4.78 is 30.4. The first-order valence-corrected chi connectivity index (χ1v) is 9.47. The Hall–Kier alpha value is -2.55. The maximum atomic E-state index is 14.2. The largest absolute Gasteiger partial charge is 0.357 e. The number of nitrogens with zero attached hydrogens (tertiary/aromatic N) is 5. The van der Waals surface area contributed by atoms with Gasteiger partial charge in [-0.2, -0.15) is 0 Å². The zero-order valence-corrected chi connectivity index (χ0v) is 16.9. The van der Waals surface area contributed by atoms with Gasteiger partial charge in [-0.1, -0.05) is 13.0 Å². The quantitative estimate of drug-likeness (QED) is 0.504. The molecule has 2 aromatic rings. The Labute approximate surface area is 164 Å². The summed E-state index contributed by atoms with van der Waals surface area (Å²) in [5, 5.41) is 14.4. The molecule has 1 atom stereocenters. The van der Waals surface area contributed by atoms with Gasteiger partial charge in [0.25, 0.3) is 0 Å². The van der Waals surface area contributed by atoms with Crippen LogP contribution in [0.3, 0.4) is 0 Å². The van der Waals surface area contributed by atoms with Gasteiger partial charge in [0.05, 0.1) is 12.6 Å². The average molecular weight is 393 g/mol. The Bertz CT molecular complexity index is 753. The smallest absolute Gasteiger partial charge is 0.191 e. The van der Waals surface area contributed by atoms with E-state index in [1.54, 1.807) is 25.3 Å². The number of benzene rings is 1. The number of halogens is 2. The molecule has 28 heavy (non-hydrogen) atoms. The fourth-order valence-electron chi connectivity index (χ4n) is 2.90. The highest BCUT2D eigenvalue weighted by molar-refractivity contribution is 5.79. The molecule has 0 amide bonds. The van der Waals surface area contributed by atoms with Crippen LogP contribution in [0.2, 0.25) is 0 Å². The summed E-state index contributed by atoms with van der Waals surface area (Å²) in [6, 6.07) is 3.39. The molecule has 1 aromatic heterocycles. The van der Waals surface area contributed by atoms with Crippen molar-refractivity contribution in [2.45, 2.75) is 32.9 Å². The third-order valence-electron chi connectivity index (χ3n) is 4.38. The van der Waals surface area contributed by atoms with Crippen LogP contribution in [0.1, 0.15) is 31.3 Å². The van der Waals surface area contributed by atoms with Gasteiger partial charge in [-0.15, -0.1) is 10.2 Å². The zero-order chi connectivity index (χ0) is 20.5. The van der Waals surface area contributed by atoms with E-state index in [0.717, 1.165) is 12.2 Å². The van der Waals surface area contributed by atoms with Crippen LogP contribution in [0, 0.1) is 11.6 Å². The molecule has 0 spiro atoms. The van der Waals surface area contributed by atoms with Gasteiger partial charge in [0, 0.05) is 31.6 Å². The highest BCUT2D eigenvalue weighted by Crippen LogP contribution is 2.24. The van der Waals surface area contributed by atoms with Gasteiger partial charge in [0.2, 0.25) is 0 Å². The number of hydrogen-bond acceptors (Lipinski definition) is 4. The molecule has 0 radical (unpaired) electrons. The Kier molecular flexibility index (Phi) is 8.31. The van der Waals surface area contributed by atoms with Crippen molar-refractivity contribution in [3.8, 4) is 0 Å². The lowest BCUT2D eigenvalue weighted by atomic mass is 10.0. The van der Waals surface area contributed by atoms with Crippen molar-refractivity contribution in [2.24, 2.45) is 4.99 Å². The molecule has 0 aliphatic heterocycles. The minimum absolute atomic E-state index is 0.0316. The summed E-state index contributed by atoms with van der Waals surface area (Å²) in [6.45, 7) is 6.21. The van der Waals surface area contributed by atoms with Gasteiger partial charge in [-0.25, -0.2) is 8.78 Å². The van der Waals surface area contributed by atoms with E-state index < -0.39 is 17.7 Å². The van der Waals surface area contributed by atoms with Crippen molar-refractivity contribution in [3.05, 3.63) is 47.5 Å². The molecule has 0 saturated carbocycles. The Morgan fingerprint density at radius 1 is 1.21 bits per heavy atom. The van der Waals surface area contributed by atoms with Gasteiger partial charge >= 0.3 is 0 Å². The standard InChI is InChI=1S/C19H29F2N7/c1-5-17-26-25-13-28(17)11-10-23-19(22-6-2)24-12-16(27(3)4)18-14(20)8-7-9-15(18)21/h7-9,13,16H,5-6,10-12H2,1-4H3,(H2,22,23,24). The monoisotopic (exact) mass is 393 g/mol. The van der Waals surface area contributed by atoms with Crippen LogP contribution in [-0.4, -0.2) is 59.4 Å². The molecule has 0 aliphatic rings. The second kappa shape index (κ2) is 10.7. The van der Waals surface area contributed by atoms with Crippen molar-refractivity contribution < 1.29 is 8.78 Å². The highest BCUT2D eigenvalue weighted by Gasteiger charge is 2.22. The van der Waals surface area contributed by atoms with Crippen LogP contribution < -0.4 is 10.6 Å². The van der Waals surface area contributed by atoms with Gasteiger partial charge in [0.1, 0.15) is 23.8 Å². The van der Waals surface area contributed by atoms with Gasteiger partial charge in [-0.05, 0) is 33.2 Å². The van der Waals surface area contributed by atoms with E-state index in [1.807, 2.05) is 18.4 Å². The van der Waals surface area contributed by atoms with Crippen LogP contribution >= 0.6 is 0 Å². The first kappa shape index (κ1) is 21.7. The van der Waals surface area contributed by atoms with Crippen LogP contribution in [0.4, 0.5) is 8.78 Å². The third-order valence-corrected chi connectivity index (χ3v) is 4.38. The molecule has 2 rings (SSSR count). The molecular formula is C19H29F2N7. The van der Waals surface area contributed by atoms with E-state index in [2.05, 4.69) is 25.8 Å². The lowest BCUT2D eigenvalue weighted by molar-refractivity contribution is 0.290. The number of nitrogens with one attached hydrogen (secondary N) is 2. The molecule has 1 aromatic carbocycles. The summed E-state index contributed by atoms with van der Waals surface area (Å²) in [4.78, 5) is 6.30. The number of rotatable bonds is 9. The van der Waals surface area contributed by atoms with Crippen molar-refractivity contribution in [1.82, 2.24) is 30.3 Å². The molecule has 0 bridgehead atoms. The third kappa shape index (κ3) is 5.72. The van der Waals surface area contributed by atoms with Crippen molar-refractivity contribution in [2.75, 3.05) is 33.7 Å². The molecule has 9 heteroatoms. The minimum Gasteiger partial charge on any atom is -0.357 e. The number of aromatic nitrogens is 3. The fourth-order valence-corrected chi connectivity index (χ4v) is 2.90. The van der Waals surface area contributed by atoms with Crippen LogP contribution in [0.5, 0.6) is 0 Å². The van der Waals surface area contributed by atoms with Crippen molar-refractivity contribution in [1.29, 1.82) is 0 Å². The normalized spacial score (nSPS) is 13.0. The van der Waals surface area contributed by atoms with Gasteiger partial charge < -0.3 is 20.1 Å². The zero-order valence-electron chi connectivity index (χ0n) is 16.9. The predicted molar refractivity (Wildman–Crippen MR) is 106 cm³/mol. The molecule has 7 nitrogen and oxygen atoms in total. The summed E-state index contributed by atoms with van der Waals surface area (Å²) in [6.07, 6.45) is 2.51. The first-order valence-electron chi connectivity index (χ1n) is 9.47. The molecule has 1 heterocycles. The van der Waals surface area contributed by atoms with Gasteiger partial charge in [-0.3, -0.25) is 4.99 Å². The highest BCUT2D eigenvalue weighted by atomic mass is 19.1. The molecule has 1 unspecified atom stereocenters. The predicted octanol–water partition coefficient (Wildman–Crippen LogP) is 1.98. The second-order valence-corrected chi connectivity index (χ2v) is 6.56. The average Bonchev–Trinajstić information content (AvgIpc) is 3.11. The number of guanidine groups is 1. The van der Waals surface area contributed by atoms with Crippen LogP contribution in [0.15, 0.2) is 29.5 Å². The number of hydrogen-bond donors (Lipinski definition) is 2. The SMILES string of the molecule is CCNC(=NCC(c1c(F)cccc1F)N(C)C)NCCn1cnnc1CC. The second-order valence-electron chi connectivity index (χ2n) is 6.56. The summed E-state index contributed by atoms with van der Waals surface area (Å²) in [7, 11) is 3.56. The maximum absolute atomic E-state index is 14.2. The van der Waals surface area contributed by atoms with Crippen LogP contribution in [-0.2, 0) is 13.0 Å². The van der Waals surface area contributed by atoms with E-state index in [4.69, 9.17) is 0 Å². The molecule has 0 fully saturated rings. The summed E-state index contributed by atoms with van der Waals surface area (Å²) >= 11 is 0. The fraction of sp³-hybridized carbons (Fsp3) is 0.526. The van der Waals surface area contributed by atoms with E-state index >= 15 is 0 Å². The molecule has 2 N–H and O–H groups in total. The number of likely N-dealkylation sites (N-methyl/N-ethyl adjacent to an activating group) is 1. The van der Waals surface area contributed by atoms with Crippen molar-refractivity contribution >= 4 is 5.96 Å². The summed E-state index contributed by atoms with van der Waals surface area (Å²) in [5.41, 5.74) is 0.0316. The first-order chi connectivity index (χ1) is 13.5. The van der Waals surface area contributed by atoms with E-state index in [9.17, 15) is 8.78 Å². The lowest BCUT2D eigenvalue weighted by Gasteiger charge is -2.24. The van der Waals surface area contributed by atoms with E-state index in [-0.39, 0.29) is 12.1 Å².